The third-order valence-electron chi connectivity index (χ3n) is 4.29. The Kier molecular flexibility index (Phi) is 6.86. The average molecular weight is 416 g/mol. The molecule has 0 unspecified atom stereocenters. The second-order valence-corrected chi connectivity index (χ2v) is 6.36. The van der Waals surface area contributed by atoms with Crippen LogP contribution in [0.2, 0.25) is 0 Å². The first-order valence-electron chi connectivity index (χ1n) is 9.48. The van der Waals surface area contributed by atoms with E-state index < -0.39 is 11.9 Å². The first kappa shape index (κ1) is 21.4. The first-order valence-corrected chi connectivity index (χ1v) is 9.48. The summed E-state index contributed by atoms with van der Waals surface area (Å²) in [4.78, 5) is 24.2. The molecule has 7 nitrogen and oxygen atoms in total. The Morgan fingerprint density at radius 2 is 1.90 bits per heavy atom. The van der Waals surface area contributed by atoms with Gasteiger partial charge >= 0.3 is 5.97 Å². The molecule has 31 heavy (non-hydrogen) atoms. The Bertz CT molecular complexity index is 1150. The molecule has 0 spiro atoms. The molecule has 0 saturated heterocycles. The molecule has 156 valence electrons. The van der Waals surface area contributed by atoms with Crippen LogP contribution in [0.1, 0.15) is 23.0 Å². The molecule has 3 rings (SSSR count). The molecule has 1 aromatic heterocycles. The largest absolute Gasteiger partial charge is 0.497 e. The van der Waals surface area contributed by atoms with Crippen molar-refractivity contribution >= 4 is 23.6 Å². The molecule has 0 fully saturated rings. The van der Waals surface area contributed by atoms with E-state index in [1.807, 2.05) is 6.07 Å². The van der Waals surface area contributed by atoms with E-state index in [4.69, 9.17) is 13.9 Å². The number of benzene rings is 2. The van der Waals surface area contributed by atoms with Crippen LogP contribution >= 0.6 is 0 Å². The quantitative estimate of drug-likeness (QED) is 0.341. The van der Waals surface area contributed by atoms with Crippen LogP contribution in [0.4, 0.5) is 5.69 Å². The van der Waals surface area contributed by atoms with Gasteiger partial charge in [0.1, 0.15) is 28.9 Å². The number of carbonyl (C=O) groups is 2. The lowest BCUT2D eigenvalue weighted by Crippen LogP contribution is -2.13. The molecule has 0 aliphatic heterocycles. The summed E-state index contributed by atoms with van der Waals surface area (Å²) in [6.07, 6.45) is 1.37. The van der Waals surface area contributed by atoms with Crippen LogP contribution in [-0.4, -0.2) is 25.6 Å². The second-order valence-electron chi connectivity index (χ2n) is 6.36. The molecule has 1 heterocycles. The third-order valence-corrected chi connectivity index (χ3v) is 4.29. The number of rotatable bonds is 7. The van der Waals surface area contributed by atoms with Crippen LogP contribution in [0.15, 0.2) is 70.7 Å². The summed E-state index contributed by atoms with van der Waals surface area (Å²) >= 11 is 0. The van der Waals surface area contributed by atoms with Crippen LogP contribution in [0.25, 0.3) is 17.4 Å². The fourth-order valence-electron chi connectivity index (χ4n) is 2.76. The highest BCUT2D eigenvalue weighted by Crippen LogP contribution is 2.24. The van der Waals surface area contributed by atoms with E-state index in [0.29, 0.717) is 35.1 Å². The topological polar surface area (TPSA) is 102 Å². The lowest BCUT2D eigenvalue weighted by atomic mass is 10.1. The number of nitrogens with one attached hydrogen (secondary N) is 1. The van der Waals surface area contributed by atoms with Gasteiger partial charge < -0.3 is 19.2 Å². The number of nitrogens with zero attached hydrogens (tertiary/aromatic N) is 1. The Labute approximate surface area is 179 Å². The van der Waals surface area contributed by atoms with Gasteiger partial charge in [-0.3, -0.25) is 4.79 Å². The Balaban J connectivity index is 1.75. The molecule has 1 N–H and O–H groups in total. The molecule has 7 heteroatoms. The number of carbonyl (C=O) groups excluding carboxylic acids is 2. The maximum absolute atomic E-state index is 12.5. The highest BCUT2D eigenvalue weighted by molar-refractivity contribution is 6.09. The van der Waals surface area contributed by atoms with Crippen LogP contribution < -0.4 is 10.1 Å². The number of hydrogen-bond donors (Lipinski definition) is 1. The van der Waals surface area contributed by atoms with E-state index in [1.54, 1.807) is 67.6 Å². The maximum Gasteiger partial charge on any atom is 0.338 e. The monoisotopic (exact) mass is 416 g/mol. The number of ether oxygens (including phenoxy) is 2. The Morgan fingerprint density at radius 3 is 2.58 bits per heavy atom. The normalized spacial score (nSPS) is 10.8. The maximum atomic E-state index is 12.5. The van der Waals surface area contributed by atoms with Crippen LogP contribution in [-0.2, 0) is 9.53 Å². The van der Waals surface area contributed by atoms with Crippen molar-refractivity contribution < 1.29 is 23.5 Å². The van der Waals surface area contributed by atoms with E-state index in [1.165, 1.54) is 13.2 Å². The minimum Gasteiger partial charge on any atom is -0.497 e. The van der Waals surface area contributed by atoms with Crippen molar-refractivity contribution in [3.05, 3.63) is 77.6 Å². The Hall–Kier alpha value is -4.31. The van der Waals surface area contributed by atoms with Gasteiger partial charge in [0.2, 0.25) is 0 Å². The first-order chi connectivity index (χ1) is 15.0. The van der Waals surface area contributed by atoms with Gasteiger partial charge in [0, 0.05) is 23.4 Å². The van der Waals surface area contributed by atoms with E-state index >= 15 is 0 Å². The molecule has 0 saturated carbocycles. The number of nitriles is 1. The van der Waals surface area contributed by atoms with E-state index in [9.17, 15) is 14.9 Å². The van der Waals surface area contributed by atoms with Gasteiger partial charge in [-0.25, -0.2) is 4.79 Å². The zero-order valence-electron chi connectivity index (χ0n) is 17.0. The van der Waals surface area contributed by atoms with Crippen molar-refractivity contribution in [2.24, 2.45) is 0 Å². The van der Waals surface area contributed by atoms with Crippen molar-refractivity contribution in [2.45, 2.75) is 6.92 Å². The van der Waals surface area contributed by atoms with Gasteiger partial charge in [0.25, 0.3) is 5.91 Å². The number of amides is 1. The van der Waals surface area contributed by atoms with Crippen molar-refractivity contribution in [3.8, 4) is 23.1 Å². The summed E-state index contributed by atoms with van der Waals surface area (Å²) in [7, 11) is 1.53. The van der Waals surface area contributed by atoms with Gasteiger partial charge in [-0.1, -0.05) is 18.2 Å². The fraction of sp³-hybridized carbons (Fsp3) is 0.125. The minimum atomic E-state index is -0.563. The zero-order valence-corrected chi connectivity index (χ0v) is 17.0. The van der Waals surface area contributed by atoms with Crippen molar-refractivity contribution in [1.29, 1.82) is 5.26 Å². The minimum absolute atomic E-state index is 0.110. The number of methoxy groups -OCH3 is 1. The SMILES string of the molecule is CCOC(=O)c1ccc(-c2ccc(/C=C(\C#N)C(=O)Nc3cccc(OC)c3)o2)cc1. The standard InChI is InChI=1S/C24H20N2O5/c1-3-30-24(28)17-9-7-16(8-10-17)22-12-11-21(31-22)13-18(15-25)23(27)26-19-5-4-6-20(14-19)29-2/h4-14H,3H2,1-2H3,(H,26,27)/b18-13+. The molecule has 0 aliphatic rings. The van der Waals surface area contributed by atoms with Gasteiger partial charge in [0.05, 0.1) is 19.3 Å². The summed E-state index contributed by atoms with van der Waals surface area (Å²) < 4.78 is 15.8. The molecular weight excluding hydrogens is 396 g/mol. The molecule has 0 radical (unpaired) electrons. The summed E-state index contributed by atoms with van der Waals surface area (Å²) in [6, 6.07) is 18.9. The lowest BCUT2D eigenvalue weighted by molar-refractivity contribution is -0.112. The predicted molar refractivity (Wildman–Crippen MR) is 115 cm³/mol. The summed E-state index contributed by atoms with van der Waals surface area (Å²) in [6.45, 7) is 2.05. The second kappa shape index (κ2) is 9.94. The molecule has 3 aromatic rings. The van der Waals surface area contributed by atoms with Crippen LogP contribution in [0.3, 0.4) is 0 Å². The number of hydrogen-bond acceptors (Lipinski definition) is 6. The van der Waals surface area contributed by atoms with Crippen LogP contribution in [0, 0.1) is 11.3 Å². The van der Waals surface area contributed by atoms with Crippen molar-refractivity contribution in [3.63, 3.8) is 0 Å². The number of anilines is 1. The van der Waals surface area contributed by atoms with Gasteiger partial charge in [0.15, 0.2) is 0 Å². The summed E-state index contributed by atoms with van der Waals surface area (Å²) in [5.74, 6) is 0.518. The van der Waals surface area contributed by atoms with Crippen molar-refractivity contribution in [1.82, 2.24) is 0 Å². The molecule has 0 bridgehead atoms. The van der Waals surface area contributed by atoms with E-state index in [2.05, 4.69) is 5.32 Å². The Morgan fingerprint density at radius 1 is 1.13 bits per heavy atom. The average Bonchev–Trinajstić information content (AvgIpc) is 3.26. The smallest absolute Gasteiger partial charge is 0.338 e. The lowest BCUT2D eigenvalue weighted by Gasteiger charge is -2.06. The van der Waals surface area contributed by atoms with Gasteiger partial charge in [-0.05, 0) is 43.3 Å². The molecular formula is C24H20N2O5. The summed E-state index contributed by atoms with van der Waals surface area (Å²) in [5.41, 5.74) is 1.58. The molecule has 0 aliphatic carbocycles. The van der Waals surface area contributed by atoms with Gasteiger partial charge in [-0.15, -0.1) is 0 Å². The highest BCUT2D eigenvalue weighted by Gasteiger charge is 2.13. The fourth-order valence-corrected chi connectivity index (χ4v) is 2.76. The van der Waals surface area contributed by atoms with Gasteiger partial charge in [-0.2, -0.15) is 5.26 Å². The molecule has 0 atom stereocenters. The summed E-state index contributed by atoms with van der Waals surface area (Å²) in [5, 5.41) is 12.1. The van der Waals surface area contributed by atoms with Crippen LogP contribution in [0.5, 0.6) is 5.75 Å². The number of furan rings is 1. The third kappa shape index (κ3) is 5.40. The molecule has 1 amide bonds. The molecule has 2 aromatic carbocycles. The number of esters is 1. The highest BCUT2D eigenvalue weighted by atomic mass is 16.5. The predicted octanol–water partition coefficient (Wildman–Crippen LogP) is 4.68. The van der Waals surface area contributed by atoms with E-state index in [0.717, 1.165) is 5.56 Å². The van der Waals surface area contributed by atoms with Crippen molar-refractivity contribution in [2.75, 3.05) is 19.0 Å². The van der Waals surface area contributed by atoms with E-state index in [-0.39, 0.29) is 5.57 Å². The zero-order chi connectivity index (χ0) is 22.2.